The monoisotopic (exact) mass is 249 g/mol. The molecule has 2 rings (SSSR count). The number of pyridine rings is 1. The summed E-state index contributed by atoms with van der Waals surface area (Å²) in [5.74, 6) is 1.07. The highest BCUT2D eigenvalue weighted by Crippen LogP contribution is 2.19. The maximum atomic E-state index is 5.48. The number of nitrogens with zero attached hydrogens (tertiary/aromatic N) is 1. The van der Waals surface area contributed by atoms with Gasteiger partial charge in [0, 0.05) is 18.7 Å². The van der Waals surface area contributed by atoms with Gasteiger partial charge in [-0.05, 0) is 31.0 Å². The Labute approximate surface area is 103 Å². The first kappa shape index (κ1) is 14.5. The van der Waals surface area contributed by atoms with Crippen LogP contribution < -0.4 is 11.1 Å². The Morgan fingerprint density at radius 1 is 1.33 bits per heavy atom. The zero-order chi connectivity index (χ0) is 9.10. The summed E-state index contributed by atoms with van der Waals surface area (Å²) in [6.45, 7) is 1.72. The van der Waals surface area contributed by atoms with Gasteiger partial charge in [-0.2, -0.15) is 0 Å². The molecule has 15 heavy (non-hydrogen) atoms. The molecule has 1 aliphatic rings. The quantitative estimate of drug-likeness (QED) is 0.841. The first-order valence-corrected chi connectivity index (χ1v) is 4.83. The molecule has 1 aliphatic heterocycles. The molecule has 0 unspecified atom stereocenters. The van der Waals surface area contributed by atoms with E-state index < -0.39 is 0 Å². The highest BCUT2D eigenvalue weighted by Gasteiger charge is 2.09. The van der Waals surface area contributed by atoms with Crippen LogP contribution in [-0.2, 0) is 12.8 Å². The number of aromatic nitrogens is 1. The minimum absolute atomic E-state index is 0. The summed E-state index contributed by atoms with van der Waals surface area (Å²) in [6, 6.07) is 4.25. The minimum Gasteiger partial charge on any atom is -0.370 e. The van der Waals surface area contributed by atoms with E-state index in [4.69, 9.17) is 5.73 Å². The Kier molecular flexibility index (Phi) is 6.65. The van der Waals surface area contributed by atoms with E-state index in [9.17, 15) is 0 Å². The van der Waals surface area contributed by atoms with Crippen molar-refractivity contribution in [1.29, 1.82) is 0 Å². The third-order valence-corrected chi connectivity index (χ3v) is 2.35. The van der Waals surface area contributed by atoms with E-state index in [1.54, 1.807) is 0 Å². The van der Waals surface area contributed by atoms with Crippen molar-refractivity contribution in [2.75, 3.05) is 18.4 Å². The number of halogens is 2. The molecule has 0 aromatic carbocycles. The number of nitrogens with two attached hydrogens (primary N) is 1. The molecule has 0 fully saturated rings. The van der Waals surface area contributed by atoms with Gasteiger partial charge in [0.2, 0.25) is 0 Å². The summed E-state index contributed by atoms with van der Waals surface area (Å²) >= 11 is 0. The average molecular weight is 250 g/mol. The van der Waals surface area contributed by atoms with Gasteiger partial charge in [-0.15, -0.1) is 24.8 Å². The maximum Gasteiger partial charge on any atom is 0.129 e. The summed E-state index contributed by atoms with van der Waals surface area (Å²) in [7, 11) is 0. The van der Waals surface area contributed by atoms with Crippen LogP contribution in [0.4, 0.5) is 5.82 Å². The Balaban J connectivity index is 0.000000980. The van der Waals surface area contributed by atoms with E-state index in [0.717, 1.165) is 30.9 Å². The lowest BCUT2D eigenvalue weighted by atomic mass is 10.1. The summed E-state index contributed by atoms with van der Waals surface area (Å²) < 4.78 is 0. The van der Waals surface area contributed by atoms with Gasteiger partial charge in [0.15, 0.2) is 0 Å². The van der Waals surface area contributed by atoms with Crippen molar-refractivity contribution < 1.29 is 0 Å². The number of fused-ring (bicyclic) bond motifs is 1. The summed E-state index contributed by atoms with van der Waals surface area (Å²) in [4.78, 5) is 4.51. The predicted molar refractivity (Wildman–Crippen MR) is 68.3 cm³/mol. The predicted octanol–water partition coefficient (Wildman–Crippen LogP) is 1.78. The van der Waals surface area contributed by atoms with Crippen molar-refractivity contribution in [3.8, 4) is 0 Å². The third kappa shape index (κ3) is 3.52. The minimum atomic E-state index is 0. The van der Waals surface area contributed by atoms with Crippen LogP contribution in [0.2, 0.25) is 0 Å². The molecule has 0 atom stereocenters. The molecule has 0 aliphatic carbocycles. The van der Waals surface area contributed by atoms with Crippen molar-refractivity contribution in [1.82, 2.24) is 4.98 Å². The van der Waals surface area contributed by atoms with Crippen LogP contribution in [0.3, 0.4) is 0 Å². The van der Waals surface area contributed by atoms with Crippen LogP contribution in [0.5, 0.6) is 0 Å². The van der Waals surface area contributed by atoms with Crippen LogP contribution in [0.1, 0.15) is 17.7 Å². The summed E-state index contributed by atoms with van der Waals surface area (Å²) in [6.07, 6.45) is 3.23. The van der Waals surface area contributed by atoms with E-state index in [1.807, 2.05) is 0 Å². The van der Waals surface area contributed by atoms with Gasteiger partial charge < -0.3 is 11.1 Å². The van der Waals surface area contributed by atoms with Crippen LogP contribution in [0.15, 0.2) is 12.1 Å². The lowest BCUT2D eigenvalue weighted by Crippen LogP contribution is -2.14. The van der Waals surface area contributed by atoms with E-state index in [-0.39, 0.29) is 24.8 Å². The van der Waals surface area contributed by atoms with Crippen LogP contribution in [0, 0.1) is 0 Å². The topological polar surface area (TPSA) is 50.9 Å². The van der Waals surface area contributed by atoms with Gasteiger partial charge in [0.05, 0.1) is 0 Å². The lowest BCUT2D eigenvalue weighted by Gasteiger charge is -2.17. The smallest absolute Gasteiger partial charge is 0.129 e. The number of anilines is 1. The Morgan fingerprint density at radius 3 is 2.87 bits per heavy atom. The average Bonchev–Trinajstić information content (AvgIpc) is 2.18. The fourth-order valence-electron chi connectivity index (χ4n) is 1.66. The largest absolute Gasteiger partial charge is 0.370 e. The Bertz CT molecular complexity index is 305. The maximum absolute atomic E-state index is 5.48. The second-order valence-electron chi connectivity index (χ2n) is 3.38. The van der Waals surface area contributed by atoms with Gasteiger partial charge in [-0.25, -0.2) is 4.98 Å². The number of aryl methyl sites for hydroxylation is 1. The number of nitrogens with one attached hydrogen (secondary N) is 1. The molecule has 1 aromatic heterocycles. The van der Waals surface area contributed by atoms with E-state index in [0.29, 0.717) is 6.54 Å². The first-order valence-electron chi connectivity index (χ1n) is 4.83. The molecule has 0 saturated carbocycles. The summed E-state index contributed by atoms with van der Waals surface area (Å²) in [5, 5.41) is 3.31. The first-order chi connectivity index (χ1) is 6.40. The van der Waals surface area contributed by atoms with Crippen LogP contribution in [0.25, 0.3) is 0 Å². The van der Waals surface area contributed by atoms with Crippen molar-refractivity contribution in [2.24, 2.45) is 5.73 Å². The third-order valence-electron chi connectivity index (χ3n) is 2.35. The van der Waals surface area contributed by atoms with Crippen LogP contribution >= 0.6 is 24.8 Å². The summed E-state index contributed by atoms with van der Waals surface area (Å²) in [5.41, 5.74) is 7.91. The second-order valence-corrected chi connectivity index (χ2v) is 3.38. The Morgan fingerprint density at radius 2 is 2.13 bits per heavy atom. The molecule has 1 aromatic rings. The van der Waals surface area contributed by atoms with Gasteiger partial charge in [-0.3, -0.25) is 0 Å². The number of hydrogen-bond acceptors (Lipinski definition) is 3. The van der Waals surface area contributed by atoms with Crippen LogP contribution in [-0.4, -0.2) is 18.1 Å². The molecule has 0 spiro atoms. The van der Waals surface area contributed by atoms with E-state index in [1.165, 1.54) is 12.0 Å². The van der Waals surface area contributed by atoms with Crippen molar-refractivity contribution in [2.45, 2.75) is 19.3 Å². The van der Waals surface area contributed by atoms with Gasteiger partial charge >= 0.3 is 0 Å². The van der Waals surface area contributed by atoms with Gasteiger partial charge in [0.25, 0.3) is 0 Å². The molecule has 86 valence electrons. The zero-order valence-corrected chi connectivity index (χ0v) is 10.2. The van der Waals surface area contributed by atoms with Crippen molar-refractivity contribution in [3.63, 3.8) is 0 Å². The van der Waals surface area contributed by atoms with Gasteiger partial charge in [0.1, 0.15) is 5.82 Å². The molecule has 3 N–H and O–H groups in total. The molecular weight excluding hydrogens is 233 g/mol. The molecule has 3 nitrogen and oxygen atoms in total. The van der Waals surface area contributed by atoms with Crippen molar-refractivity contribution >= 4 is 30.6 Å². The number of hydrogen-bond donors (Lipinski definition) is 2. The highest BCUT2D eigenvalue weighted by molar-refractivity contribution is 5.85. The van der Waals surface area contributed by atoms with Gasteiger partial charge in [-0.1, -0.05) is 6.07 Å². The molecule has 2 heterocycles. The highest BCUT2D eigenvalue weighted by atomic mass is 35.5. The standard InChI is InChI=1S/C10H15N3.2ClH/c11-6-5-9-4-3-8-2-1-7-12-10(8)13-9;;/h3-4H,1-2,5-7,11H2,(H,12,13);2*1H. The fourth-order valence-corrected chi connectivity index (χ4v) is 1.66. The second kappa shape index (κ2) is 6.88. The van der Waals surface area contributed by atoms with E-state index >= 15 is 0 Å². The molecule has 0 bridgehead atoms. The van der Waals surface area contributed by atoms with E-state index in [2.05, 4.69) is 22.4 Å². The normalized spacial score (nSPS) is 12.9. The number of rotatable bonds is 2. The zero-order valence-electron chi connectivity index (χ0n) is 8.53. The molecule has 0 saturated heterocycles. The molecule has 0 amide bonds. The Hall–Kier alpha value is -0.510. The SMILES string of the molecule is Cl.Cl.NCCc1ccc2c(n1)NCCC2. The lowest BCUT2D eigenvalue weighted by molar-refractivity contribution is 0.807. The molecule has 5 heteroatoms. The molecule has 0 radical (unpaired) electrons. The fraction of sp³-hybridized carbons (Fsp3) is 0.500. The van der Waals surface area contributed by atoms with Crippen molar-refractivity contribution in [3.05, 3.63) is 23.4 Å². The molecular formula is C10H17Cl2N3.